The lowest BCUT2D eigenvalue weighted by atomic mass is 10.2. The van der Waals surface area contributed by atoms with E-state index in [0.29, 0.717) is 18.0 Å². The Balaban J connectivity index is 1.70. The van der Waals surface area contributed by atoms with Gasteiger partial charge in [-0.05, 0) is 69.3 Å². The molecule has 0 saturated heterocycles. The number of aryl methyl sites for hydroxylation is 1. The van der Waals surface area contributed by atoms with Crippen LogP contribution in [0.15, 0.2) is 53.6 Å². The van der Waals surface area contributed by atoms with E-state index in [-0.39, 0.29) is 10.6 Å². The third kappa shape index (κ3) is 5.28. The Morgan fingerprint density at radius 1 is 1.16 bits per heavy atom. The molecule has 2 amide bonds. The van der Waals surface area contributed by atoms with Gasteiger partial charge in [0.25, 0.3) is 0 Å². The van der Waals surface area contributed by atoms with Crippen LogP contribution in [-0.2, 0) is 0 Å². The third-order valence-corrected chi connectivity index (χ3v) is 5.03. The first-order valence-electron chi connectivity index (χ1n) is 9.85. The smallest absolute Gasteiger partial charge is 0.339 e. The Bertz CT molecular complexity index is 1170. The summed E-state index contributed by atoms with van der Waals surface area (Å²) in [4.78, 5) is 23.5. The Hall–Kier alpha value is -3.78. The maximum Gasteiger partial charge on any atom is 0.339 e. The van der Waals surface area contributed by atoms with Crippen LogP contribution < -0.4 is 15.5 Å². The molecule has 0 unspecified atom stereocenters. The van der Waals surface area contributed by atoms with Crippen molar-refractivity contribution in [3.05, 3.63) is 76.1 Å². The zero-order valence-corrected chi connectivity index (χ0v) is 18.6. The Morgan fingerprint density at radius 3 is 2.53 bits per heavy atom. The summed E-state index contributed by atoms with van der Waals surface area (Å²) >= 11 is 5.98. The standard InChI is InChI=1S/C23H23ClN4O4/c1-4-32-19-8-5-17(6-9-19)26-23(31)27-25-13-16-11-14(2)28(15(16)3)18-7-10-21(24)20(12-18)22(29)30/h5-13H,4H2,1-3H3,(H,29,30)(H2,26,27,31)/b25-13+. The van der Waals surface area contributed by atoms with Crippen LogP contribution in [0.25, 0.3) is 5.69 Å². The molecule has 0 saturated carbocycles. The fraction of sp³-hybridized carbons (Fsp3) is 0.174. The number of aromatic carboxylic acids is 1. The summed E-state index contributed by atoms with van der Waals surface area (Å²) in [7, 11) is 0. The van der Waals surface area contributed by atoms with Gasteiger partial charge in [-0.3, -0.25) is 0 Å². The fourth-order valence-electron chi connectivity index (χ4n) is 3.25. The van der Waals surface area contributed by atoms with Crippen molar-refractivity contribution in [2.75, 3.05) is 11.9 Å². The molecule has 2 aromatic carbocycles. The SMILES string of the molecule is CCOc1ccc(NC(=O)N/N=C/c2cc(C)n(-c3ccc(Cl)c(C(=O)O)c3)c2C)cc1. The minimum Gasteiger partial charge on any atom is -0.494 e. The fourth-order valence-corrected chi connectivity index (χ4v) is 3.45. The van der Waals surface area contributed by atoms with E-state index in [4.69, 9.17) is 16.3 Å². The van der Waals surface area contributed by atoms with Gasteiger partial charge in [-0.1, -0.05) is 11.6 Å². The summed E-state index contributed by atoms with van der Waals surface area (Å²) in [6.07, 6.45) is 1.53. The van der Waals surface area contributed by atoms with Gasteiger partial charge in [0.2, 0.25) is 0 Å². The van der Waals surface area contributed by atoms with E-state index in [1.165, 1.54) is 12.3 Å². The summed E-state index contributed by atoms with van der Waals surface area (Å²) in [5.41, 5.74) is 6.22. The molecule has 0 aliphatic carbocycles. The molecule has 0 bridgehead atoms. The molecular weight excluding hydrogens is 432 g/mol. The number of hydrogen-bond acceptors (Lipinski definition) is 4. The largest absolute Gasteiger partial charge is 0.494 e. The van der Waals surface area contributed by atoms with Crippen LogP contribution >= 0.6 is 11.6 Å². The Morgan fingerprint density at radius 2 is 1.88 bits per heavy atom. The molecule has 3 aromatic rings. The zero-order valence-electron chi connectivity index (χ0n) is 17.8. The highest BCUT2D eigenvalue weighted by molar-refractivity contribution is 6.33. The van der Waals surface area contributed by atoms with E-state index in [9.17, 15) is 14.7 Å². The van der Waals surface area contributed by atoms with Crippen molar-refractivity contribution in [3.63, 3.8) is 0 Å². The zero-order chi connectivity index (χ0) is 23.3. The van der Waals surface area contributed by atoms with E-state index in [2.05, 4.69) is 15.8 Å². The van der Waals surface area contributed by atoms with Crippen molar-refractivity contribution in [3.8, 4) is 11.4 Å². The number of carboxylic acid groups (broad SMARTS) is 1. The predicted octanol–water partition coefficient (Wildman–Crippen LogP) is 5.00. The van der Waals surface area contributed by atoms with Crippen LogP contribution in [-0.4, -0.2) is 34.5 Å². The summed E-state index contributed by atoms with van der Waals surface area (Å²) in [6.45, 7) is 6.24. The van der Waals surface area contributed by atoms with Crippen LogP contribution in [0, 0.1) is 13.8 Å². The van der Waals surface area contributed by atoms with E-state index < -0.39 is 12.0 Å². The molecule has 1 heterocycles. The number of anilines is 1. The number of urea groups is 1. The summed E-state index contributed by atoms with van der Waals surface area (Å²) < 4.78 is 7.26. The highest BCUT2D eigenvalue weighted by Crippen LogP contribution is 2.24. The van der Waals surface area contributed by atoms with Crippen molar-refractivity contribution < 1.29 is 19.4 Å². The number of benzene rings is 2. The van der Waals surface area contributed by atoms with E-state index >= 15 is 0 Å². The molecule has 166 valence electrons. The first kappa shape index (κ1) is 22.9. The van der Waals surface area contributed by atoms with Crippen LogP contribution in [0.3, 0.4) is 0 Å². The lowest BCUT2D eigenvalue weighted by Gasteiger charge is -2.11. The van der Waals surface area contributed by atoms with Gasteiger partial charge in [0.15, 0.2) is 0 Å². The average molecular weight is 455 g/mol. The quantitative estimate of drug-likeness (QED) is 0.345. The second-order valence-corrected chi connectivity index (χ2v) is 7.32. The normalized spacial score (nSPS) is 10.9. The molecule has 9 heteroatoms. The van der Waals surface area contributed by atoms with Gasteiger partial charge < -0.3 is 19.7 Å². The minimum atomic E-state index is -1.09. The monoisotopic (exact) mass is 454 g/mol. The number of nitrogens with zero attached hydrogens (tertiary/aromatic N) is 2. The lowest BCUT2D eigenvalue weighted by molar-refractivity contribution is 0.0697. The molecule has 1 aromatic heterocycles. The van der Waals surface area contributed by atoms with Gasteiger partial charge in [0, 0.05) is 28.3 Å². The number of halogens is 1. The van der Waals surface area contributed by atoms with Gasteiger partial charge in [-0.2, -0.15) is 5.10 Å². The predicted molar refractivity (Wildman–Crippen MR) is 125 cm³/mol. The van der Waals surface area contributed by atoms with E-state index in [1.807, 2.05) is 31.4 Å². The maximum atomic E-state index is 12.1. The van der Waals surface area contributed by atoms with Gasteiger partial charge >= 0.3 is 12.0 Å². The molecule has 0 fully saturated rings. The number of hydrazone groups is 1. The van der Waals surface area contributed by atoms with Gasteiger partial charge in [0.05, 0.1) is 23.4 Å². The summed E-state index contributed by atoms with van der Waals surface area (Å²) in [5.74, 6) is -0.369. The molecule has 0 aliphatic heterocycles. The van der Waals surface area contributed by atoms with Crippen molar-refractivity contribution in [2.24, 2.45) is 5.10 Å². The number of nitrogens with one attached hydrogen (secondary N) is 2. The highest BCUT2D eigenvalue weighted by atomic mass is 35.5. The van der Waals surface area contributed by atoms with Crippen molar-refractivity contribution >= 4 is 35.5 Å². The number of ether oxygens (including phenoxy) is 1. The molecule has 8 nitrogen and oxygen atoms in total. The van der Waals surface area contributed by atoms with Crippen LogP contribution in [0.2, 0.25) is 5.02 Å². The molecule has 32 heavy (non-hydrogen) atoms. The molecule has 3 rings (SSSR count). The first-order valence-corrected chi connectivity index (χ1v) is 10.2. The second kappa shape index (κ2) is 10.0. The number of carboxylic acids is 1. The van der Waals surface area contributed by atoms with Gasteiger partial charge in [-0.15, -0.1) is 0 Å². The number of rotatable bonds is 7. The van der Waals surface area contributed by atoms with Crippen molar-refractivity contribution in [1.82, 2.24) is 9.99 Å². The number of aromatic nitrogens is 1. The maximum absolute atomic E-state index is 12.1. The summed E-state index contributed by atoms with van der Waals surface area (Å²) in [6, 6.07) is 13.2. The average Bonchev–Trinajstić information content (AvgIpc) is 3.03. The minimum absolute atomic E-state index is 0.0273. The molecule has 3 N–H and O–H groups in total. The molecular formula is C23H23ClN4O4. The van der Waals surface area contributed by atoms with Crippen molar-refractivity contribution in [2.45, 2.75) is 20.8 Å². The highest BCUT2D eigenvalue weighted by Gasteiger charge is 2.14. The first-order chi connectivity index (χ1) is 15.3. The number of amides is 2. The number of carbonyl (C=O) groups excluding carboxylic acids is 1. The van der Waals surface area contributed by atoms with E-state index in [0.717, 1.165) is 22.7 Å². The topological polar surface area (TPSA) is 105 Å². The third-order valence-electron chi connectivity index (χ3n) is 4.70. The van der Waals surface area contributed by atoms with Crippen LogP contribution in [0.1, 0.15) is 34.2 Å². The number of carbonyl (C=O) groups is 2. The molecule has 0 spiro atoms. The van der Waals surface area contributed by atoms with Gasteiger partial charge in [-0.25, -0.2) is 15.0 Å². The molecule has 0 radical (unpaired) electrons. The van der Waals surface area contributed by atoms with Gasteiger partial charge in [0.1, 0.15) is 5.75 Å². The Labute approximate surface area is 190 Å². The molecule has 0 aliphatic rings. The lowest BCUT2D eigenvalue weighted by Crippen LogP contribution is -2.24. The summed E-state index contributed by atoms with van der Waals surface area (Å²) in [5, 5.41) is 16.2. The second-order valence-electron chi connectivity index (χ2n) is 6.91. The van der Waals surface area contributed by atoms with E-state index in [1.54, 1.807) is 36.4 Å². The van der Waals surface area contributed by atoms with Crippen molar-refractivity contribution in [1.29, 1.82) is 0 Å². The Kier molecular flexibility index (Phi) is 7.17. The van der Waals surface area contributed by atoms with Crippen LogP contribution in [0.5, 0.6) is 5.75 Å². The number of hydrogen-bond donors (Lipinski definition) is 3. The molecule has 0 atom stereocenters. The van der Waals surface area contributed by atoms with Crippen LogP contribution in [0.4, 0.5) is 10.5 Å².